The fourth-order valence-corrected chi connectivity index (χ4v) is 6.03. The van der Waals surface area contributed by atoms with E-state index in [0.29, 0.717) is 29.4 Å². The highest BCUT2D eigenvalue weighted by Crippen LogP contribution is 2.36. The summed E-state index contributed by atoms with van der Waals surface area (Å²) >= 11 is 0. The number of aromatic hydroxyl groups is 2. The number of ether oxygens (including phenoxy) is 2. The number of allylic oxidation sites excluding steroid dienone is 1. The number of fused-ring (bicyclic) bond motifs is 4. The molecule has 0 amide bonds. The molecule has 5 heteroatoms. The predicted molar refractivity (Wildman–Crippen MR) is 185 cm³/mol. The molecule has 3 N–H and O–H groups in total. The zero-order valence-corrected chi connectivity index (χ0v) is 24.6. The van der Waals surface area contributed by atoms with Crippen LogP contribution in [0.4, 0.5) is 0 Å². The van der Waals surface area contributed by atoms with Crippen LogP contribution in [0.25, 0.3) is 50.0 Å². The minimum Gasteiger partial charge on any atom is -0.512 e. The van der Waals surface area contributed by atoms with Crippen LogP contribution >= 0.6 is 0 Å². The van der Waals surface area contributed by atoms with Gasteiger partial charge in [-0.25, -0.2) is 0 Å². The lowest BCUT2D eigenvalue weighted by Crippen LogP contribution is -1.89. The summed E-state index contributed by atoms with van der Waals surface area (Å²) in [7, 11) is 0. The zero-order chi connectivity index (χ0) is 31.2. The molecule has 0 aliphatic heterocycles. The van der Waals surface area contributed by atoms with Gasteiger partial charge in [0.25, 0.3) is 0 Å². The molecule has 0 saturated heterocycles. The Labute approximate surface area is 265 Å². The molecular formula is C41H28O5. The van der Waals surface area contributed by atoms with Gasteiger partial charge in [0.05, 0.1) is 5.76 Å². The van der Waals surface area contributed by atoms with Gasteiger partial charge in [-0.05, 0) is 140 Å². The van der Waals surface area contributed by atoms with Crippen LogP contribution in [0.5, 0.6) is 34.5 Å². The summed E-state index contributed by atoms with van der Waals surface area (Å²) < 4.78 is 12.5. The molecular weight excluding hydrogens is 572 g/mol. The van der Waals surface area contributed by atoms with Crippen LogP contribution in [0.2, 0.25) is 0 Å². The molecule has 0 unspecified atom stereocenters. The molecule has 1 aliphatic rings. The van der Waals surface area contributed by atoms with E-state index in [1.807, 2.05) is 103 Å². The SMILES string of the molecule is OC1=Cc2cc(Oc3ccc4ccc(Oc5ccc6ccc(O)cc6c5)cc4c3)ccc2C=C(c2ccc3ccc(O)cc3c2)C1. The maximum atomic E-state index is 10.8. The molecule has 0 fully saturated rings. The Bertz CT molecular complexity index is 2380. The summed E-state index contributed by atoms with van der Waals surface area (Å²) in [6.07, 6.45) is 4.28. The standard InChI is InChI=1S/C41H28O5/c42-35-9-3-25-1-2-28(15-30(25)17-35)31-16-29-8-14-41(22-33(29)20-37(44)19-31)46-40-13-7-27-6-12-39(23-34(27)24-40)45-38-11-5-26-4-10-36(43)18-32(26)21-38/h1-18,20-24,42-44H,19H2. The van der Waals surface area contributed by atoms with Gasteiger partial charge in [0, 0.05) is 6.42 Å². The highest BCUT2D eigenvalue weighted by atomic mass is 16.5. The molecule has 0 radical (unpaired) electrons. The molecule has 0 saturated carbocycles. The van der Waals surface area contributed by atoms with Crippen molar-refractivity contribution in [3.63, 3.8) is 0 Å². The van der Waals surface area contributed by atoms with E-state index in [4.69, 9.17) is 9.47 Å². The first kappa shape index (κ1) is 27.4. The van der Waals surface area contributed by atoms with Crippen molar-refractivity contribution in [2.45, 2.75) is 6.42 Å². The van der Waals surface area contributed by atoms with Gasteiger partial charge in [-0.2, -0.15) is 0 Å². The van der Waals surface area contributed by atoms with Gasteiger partial charge in [-0.1, -0.05) is 54.6 Å². The van der Waals surface area contributed by atoms with Crippen LogP contribution in [-0.2, 0) is 0 Å². The lowest BCUT2D eigenvalue weighted by molar-refractivity contribution is 0.409. The quantitative estimate of drug-likeness (QED) is 0.183. The summed E-state index contributed by atoms with van der Waals surface area (Å²) in [6.45, 7) is 0. The Morgan fingerprint density at radius 1 is 0.391 bits per heavy atom. The molecule has 46 heavy (non-hydrogen) atoms. The smallest absolute Gasteiger partial charge is 0.128 e. The van der Waals surface area contributed by atoms with Gasteiger partial charge in [-0.15, -0.1) is 0 Å². The first-order valence-corrected chi connectivity index (χ1v) is 15.0. The second-order valence-electron chi connectivity index (χ2n) is 11.6. The van der Waals surface area contributed by atoms with Crippen LogP contribution in [-0.4, -0.2) is 15.3 Å². The number of aliphatic hydroxyl groups excluding tert-OH is 1. The summed E-state index contributed by atoms with van der Waals surface area (Å²) in [5.41, 5.74) is 3.82. The molecule has 8 rings (SSSR count). The molecule has 0 spiro atoms. The van der Waals surface area contributed by atoms with E-state index in [-0.39, 0.29) is 17.3 Å². The number of hydrogen-bond acceptors (Lipinski definition) is 5. The summed E-state index contributed by atoms with van der Waals surface area (Å²) in [5.74, 6) is 3.43. The Hall–Kier alpha value is -6.20. The first-order valence-electron chi connectivity index (χ1n) is 15.0. The van der Waals surface area contributed by atoms with Crippen molar-refractivity contribution < 1.29 is 24.8 Å². The summed E-state index contributed by atoms with van der Waals surface area (Å²) in [4.78, 5) is 0. The number of rotatable bonds is 5. The highest BCUT2D eigenvalue weighted by Gasteiger charge is 2.14. The van der Waals surface area contributed by atoms with E-state index >= 15 is 0 Å². The van der Waals surface area contributed by atoms with Gasteiger partial charge >= 0.3 is 0 Å². The maximum absolute atomic E-state index is 10.8. The minimum atomic E-state index is 0.218. The molecule has 222 valence electrons. The van der Waals surface area contributed by atoms with Crippen LogP contribution in [0.1, 0.15) is 23.1 Å². The monoisotopic (exact) mass is 600 g/mol. The Morgan fingerprint density at radius 2 is 0.870 bits per heavy atom. The highest BCUT2D eigenvalue weighted by molar-refractivity contribution is 5.93. The largest absolute Gasteiger partial charge is 0.512 e. The third kappa shape index (κ3) is 5.46. The van der Waals surface area contributed by atoms with E-state index in [1.54, 1.807) is 30.3 Å². The third-order valence-corrected chi connectivity index (χ3v) is 8.33. The van der Waals surface area contributed by atoms with Gasteiger partial charge in [-0.3, -0.25) is 0 Å². The lowest BCUT2D eigenvalue weighted by atomic mass is 9.97. The van der Waals surface area contributed by atoms with Crippen molar-refractivity contribution >= 4 is 50.0 Å². The molecule has 7 aromatic carbocycles. The maximum Gasteiger partial charge on any atom is 0.128 e. The molecule has 0 heterocycles. The van der Waals surface area contributed by atoms with E-state index < -0.39 is 0 Å². The normalized spacial score (nSPS) is 12.8. The van der Waals surface area contributed by atoms with Crippen molar-refractivity contribution in [1.82, 2.24) is 0 Å². The third-order valence-electron chi connectivity index (χ3n) is 8.33. The van der Waals surface area contributed by atoms with Crippen molar-refractivity contribution in [1.29, 1.82) is 0 Å². The molecule has 7 aromatic rings. The average molecular weight is 601 g/mol. The number of hydrogen-bond donors (Lipinski definition) is 3. The zero-order valence-electron chi connectivity index (χ0n) is 24.6. The molecule has 5 nitrogen and oxygen atoms in total. The van der Waals surface area contributed by atoms with Gasteiger partial charge in [0.1, 0.15) is 34.5 Å². The van der Waals surface area contributed by atoms with Gasteiger partial charge in [0.15, 0.2) is 0 Å². The van der Waals surface area contributed by atoms with E-state index in [2.05, 4.69) is 6.08 Å². The molecule has 0 aromatic heterocycles. The van der Waals surface area contributed by atoms with Crippen LogP contribution in [0.15, 0.2) is 133 Å². The van der Waals surface area contributed by atoms with Crippen molar-refractivity contribution in [2.24, 2.45) is 0 Å². The molecule has 1 aliphatic carbocycles. The summed E-state index contributed by atoms with van der Waals surface area (Å²) in [5, 5.41) is 36.6. The molecule has 0 bridgehead atoms. The average Bonchev–Trinajstić information content (AvgIpc) is 3.21. The second kappa shape index (κ2) is 11.1. The number of aliphatic hydroxyl groups is 1. The Balaban J connectivity index is 1.05. The number of benzene rings is 7. The fraction of sp³-hybridized carbons (Fsp3) is 0.0244. The van der Waals surface area contributed by atoms with Crippen LogP contribution in [0.3, 0.4) is 0 Å². The van der Waals surface area contributed by atoms with E-state index in [0.717, 1.165) is 54.6 Å². The number of phenolic OH excluding ortho intramolecular Hbond substituents is 2. The Morgan fingerprint density at radius 3 is 1.48 bits per heavy atom. The van der Waals surface area contributed by atoms with Crippen molar-refractivity contribution in [3.05, 3.63) is 150 Å². The van der Waals surface area contributed by atoms with Crippen LogP contribution < -0.4 is 9.47 Å². The lowest BCUT2D eigenvalue weighted by Gasteiger charge is -2.11. The van der Waals surface area contributed by atoms with Crippen LogP contribution in [0, 0.1) is 0 Å². The summed E-state index contributed by atoms with van der Waals surface area (Å²) in [6, 6.07) is 40.3. The predicted octanol–water partition coefficient (Wildman–Crippen LogP) is 11.0. The van der Waals surface area contributed by atoms with Gasteiger partial charge in [0.2, 0.25) is 0 Å². The van der Waals surface area contributed by atoms with E-state index in [9.17, 15) is 15.3 Å². The van der Waals surface area contributed by atoms with Crippen molar-refractivity contribution in [2.75, 3.05) is 0 Å². The second-order valence-corrected chi connectivity index (χ2v) is 11.6. The molecule has 0 atom stereocenters. The van der Waals surface area contributed by atoms with Gasteiger partial charge < -0.3 is 24.8 Å². The van der Waals surface area contributed by atoms with Crippen molar-refractivity contribution in [3.8, 4) is 34.5 Å². The number of phenols is 2. The minimum absolute atomic E-state index is 0.218. The first-order chi connectivity index (χ1) is 22.4. The Kier molecular flexibility index (Phi) is 6.58. The topological polar surface area (TPSA) is 79.2 Å². The fourth-order valence-electron chi connectivity index (χ4n) is 6.03. The van der Waals surface area contributed by atoms with E-state index in [1.165, 1.54) is 0 Å².